The third-order valence-electron chi connectivity index (χ3n) is 5.53. The summed E-state index contributed by atoms with van der Waals surface area (Å²) in [5.41, 5.74) is 6.93. The summed E-state index contributed by atoms with van der Waals surface area (Å²) in [6.07, 6.45) is 1.95. The van der Waals surface area contributed by atoms with E-state index in [1.54, 1.807) is 0 Å². The molecule has 0 atom stereocenters. The molecular weight excluding hydrogens is 390 g/mol. The van der Waals surface area contributed by atoms with E-state index in [2.05, 4.69) is 91.5 Å². The number of para-hydroxylation sites is 2. The molecule has 3 heteroatoms. The molecule has 0 fully saturated rings. The largest absolute Gasteiger partial charge is 0.367 e. The average Bonchev–Trinajstić information content (AvgIpc) is 2.85. The molecule has 0 radical (unpaired) electrons. The van der Waals surface area contributed by atoms with Gasteiger partial charge in [0.1, 0.15) is 0 Å². The maximum Gasteiger partial charge on any atom is 0.0652 e. The molecule has 32 heavy (non-hydrogen) atoms. The second-order valence-corrected chi connectivity index (χ2v) is 7.77. The Morgan fingerprint density at radius 2 is 1.25 bits per heavy atom. The molecule has 0 aliphatic rings. The molecule has 4 aromatic rings. The highest BCUT2D eigenvalue weighted by atomic mass is 15.5. The van der Waals surface area contributed by atoms with Crippen LogP contribution < -0.4 is 9.91 Å². The standard InChI is InChI=1S/C29H29N3/c1-3-31(23-25-13-7-4-8-14-25)29-20-19-26(24(2)21-29)22-30-32(27-15-9-5-10-16-27)28-17-11-6-12-18-28/h4-22H,3,23H2,1-2H3/b30-22-. The predicted octanol–water partition coefficient (Wildman–Crippen LogP) is 7.19. The summed E-state index contributed by atoms with van der Waals surface area (Å²) in [6, 6.07) is 37.7. The predicted molar refractivity (Wildman–Crippen MR) is 137 cm³/mol. The lowest BCUT2D eigenvalue weighted by Gasteiger charge is -2.24. The van der Waals surface area contributed by atoms with Crippen LogP contribution in [0.25, 0.3) is 0 Å². The van der Waals surface area contributed by atoms with Crippen molar-refractivity contribution < 1.29 is 0 Å². The highest BCUT2D eigenvalue weighted by Crippen LogP contribution is 2.26. The molecule has 0 N–H and O–H groups in total. The maximum absolute atomic E-state index is 4.85. The molecule has 0 spiro atoms. The molecule has 4 aromatic carbocycles. The minimum atomic E-state index is 0.903. The minimum absolute atomic E-state index is 0.903. The van der Waals surface area contributed by atoms with E-state index in [1.165, 1.54) is 16.8 Å². The number of hydrogen-bond acceptors (Lipinski definition) is 3. The summed E-state index contributed by atoms with van der Waals surface area (Å²) in [5, 5.41) is 6.83. The van der Waals surface area contributed by atoms with E-state index >= 15 is 0 Å². The second kappa shape index (κ2) is 10.5. The van der Waals surface area contributed by atoms with Crippen LogP contribution in [0.2, 0.25) is 0 Å². The van der Waals surface area contributed by atoms with Gasteiger partial charge in [0.2, 0.25) is 0 Å². The van der Waals surface area contributed by atoms with Gasteiger partial charge in [0, 0.05) is 18.8 Å². The SMILES string of the molecule is CCN(Cc1ccccc1)c1ccc(/C=N\N(c2ccccc2)c2ccccc2)c(C)c1. The summed E-state index contributed by atoms with van der Waals surface area (Å²) in [7, 11) is 0. The summed E-state index contributed by atoms with van der Waals surface area (Å²) in [5.74, 6) is 0. The molecule has 0 heterocycles. The number of hydrazone groups is 1. The molecule has 0 aromatic heterocycles. The first-order valence-corrected chi connectivity index (χ1v) is 11.1. The van der Waals surface area contributed by atoms with E-state index in [0.29, 0.717) is 0 Å². The Balaban J connectivity index is 1.58. The van der Waals surface area contributed by atoms with Crippen molar-refractivity contribution >= 4 is 23.3 Å². The van der Waals surface area contributed by atoms with Crippen LogP contribution in [0.3, 0.4) is 0 Å². The van der Waals surface area contributed by atoms with Crippen LogP contribution in [-0.2, 0) is 6.54 Å². The second-order valence-electron chi connectivity index (χ2n) is 7.77. The number of aryl methyl sites for hydroxylation is 1. The topological polar surface area (TPSA) is 18.8 Å². The number of hydrogen-bond donors (Lipinski definition) is 0. The van der Waals surface area contributed by atoms with Gasteiger partial charge >= 0.3 is 0 Å². The molecule has 160 valence electrons. The van der Waals surface area contributed by atoms with Crippen molar-refractivity contribution in [3.05, 3.63) is 126 Å². The summed E-state index contributed by atoms with van der Waals surface area (Å²) in [6.45, 7) is 6.21. The number of nitrogens with zero attached hydrogens (tertiary/aromatic N) is 3. The van der Waals surface area contributed by atoms with Crippen LogP contribution in [0, 0.1) is 6.92 Å². The van der Waals surface area contributed by atoms with Crippen LogP contribution in [0.1, 0.15) is 23.6 Å². The van der Waals surface area contributed by atoms with Crippen molar-refractivity contribution in [1.82, 2.24) is 0 Å². The zero-order valence-electron chi connectivity index (χ0n) is 18.7. The Bertz CT molecular complexity index is 1100. The first-order chi connectivity index (χ1) is 15.7. The lowest BCUT2D eigenvalue weighted by molar-refractivity contribution is 0.831. The average molecular weight is 420 g/mol. The normalized spacial score (nSPS) is 10.9. The van der Waals surface area contributed by atoms with Crippen molar-refractivity contribution in [3.8, 4) is 0 Å². The lowest BCUT2D eigenvalue weighted by atomic mass is 10.1. The van der Waals surface area contributed by atoms with Gasteiger partial charge in [0.25, 0.3) is 0 Å². The van der Waals surface area contributed by atoms with Crippen LogP contribution in [-0.4, -0.2) is 12.8 Å². The van der Waals surface area contributed by atoms with Gasteiger partial charge in [0.15, 0.2) is 0 Å². The van der Waals surface area contributed by atoms with E-state index in [9.17, 15) is 0 Å². The van der Waals surface area contributed by atoms with Crippen LogP contribution in [0.15, 0.2) is 114 Å². The number of rotatable bonds is 8. The fraction of sp³-hybridized carbons (Fsp3) is 0.138. The third-order valence-corrected chi connectivity index (χ3v) is 5.53. The van der Waals surface area contributed by atoms with Crippen LogP contribution in [0.4, 0.5) is 17.1 Å². The highest BCUT2D eigenvalue weighted by molar-refractivity contribution is 5.84. The van der Waals surface area contributed by atoms with Gasteiger partial charge in [-0.15, -0.1) is 0 Å². The Morgan fingerprint density at radius 1 is 0.688 bits per heavy atom. The summed E-state index contributed by atoms with van der Waals surface area (Å²) < 4.78 is 0. The quantitative estimate of drug-likeness (QED) is 0.222. The van der Waals surface area contributed by atoms with Gasteiger partial charge in [-0.05, 0) is 66.9 Å². The number of anilines is 3. The first kappa shape index (κ1) is 21.4. The Hall–Kier alpha value is -3.85. The minimum Gasteiger partial charge on any atom is -0.367 e. The summed E-state index contributed by atoms with van der Waals surface area (Å²) in [4.78, 5) is 2.39. The molecule has 4 rings (SSSR count). The highest BCUT2D eigenvalue weighted by Gasteiger charge is 2.09. The fourth-order valence-corrected chi connectivity index (χ4v) is 3.73. The van der Waals surface area contributed by atoms with E-state index in [4.69, 9.17) is 5.10 Å². The van der Waals surface area contributed by atoms with E-state index in [1.807, 2.05) is 47.6 Å². The van der Waals surface area contributed by atoms with Crippen molar-refractivity contribution in [1.29, 1.82) is 0 Å². The monoisotopic (exact) mass is 419 g/mol. The molecule has 0 saturated heterocycles. The van der Waals surface area contributed by atoms with Gasteiger partial charge in [-0.2, -0.15) is 5.10 Å². The molecule has 0 aliphatic carbocycles. The van der Waals surface area contributed by atoms with Crippen molar-refractivity contribution in [2.45, 2.75) is 20.4 Å². The lowest BCUT2D eigenvalue weighted by Crippen LogP contribution is -2.22. The zero-order valence-corrected chi connectivity index (χ0v) is 18.7. The van der Waals surface area contributed by atoms with Crippen LogP contribution in [0.5, 0.6) is 0 Å². The smallest absolute Gasteiger partial charge is 0.0652 e. The van der Waals surface area contributed by atoms with Gasteiger partial charge in [-0.3, -0.25) is 0 Å². The van der Waals surface area contributed by atoms with E-state index in [-0.39, 0.29) is 0 Å². The third kappa shape index (κ3) is 5.25. The zero-order chi connectivity index (χ0) is 22.2. The molecular formula is C29H29N3. The first-order valence-electron chi connectivity index (χ1n) is 11.1. The molecule has 0 saturated carbocycles. The van der Waals surface area contributed by atoms with E-state index in [0.717, 1.165) is 30.0 Å². The molecule has 0 aliphatic heterocycles. The van der Waals surface area contributed by atoms with Gasteiger partial charge in [0.05, 0.1) is 17.6 Å². The van der Waals surface area contributed by atoms with Crippen molar-refractivity contribution in [2.75, 3.05) is 16.5 Å². The molecule has 0 amide bonds. The fourth-order valence-electron chi connectivity index (χ4n) is 3.73. The Kier molecular flexibility index (Phi) is 6.98. The van der Waals surface area contributed by atoms with E-state index < -0.39 is 0 Å². The van der Waals surface area contributed by atoms with Gasteiger partial charge in [-0.25, -0.2) is 5.01 Å². The van der Waals surface area contributed by atoms with Crippen LogP contribution >= 0.6 is 0 Å². The van der Waals surface area contributed by atoms with Gasteiger partial charge < -0.3 is 4.90 Å². The Morgan fingerprint density at radius 3 is 1.78 bits per heavy atom. The van der Waals surface area contributed by atoms with Crippen molar-refractivity contribution in [2.24, 2.45) is 5.10 Å². The Labute approximate surface area is 191 Å². The van der Waals surface area contributed by atoms with Gasteiger partial charge in [-0.1, -0.05) is 72.8 Å². The number of benzene rings is 4. The summed E-state index contributed by atoms with van der Waals surface area (Å²) >= 11 is 0. The molecule has 0 unspecified atom stereocenters. The molecule has 3 nitrogen and oxygen atoms in total. The van der Waals surface area contributed by atoms with Crippen molar-refractivity contribution in [3.63, 3.8) is 0 Å². The molecule has 0 bridgehead atoms. The maximum atomic E-state index is 4.85.